The maximum Gasteiger partial charge on any atom is 0.422 e. The average Bonchev–Trinajstić information content (AvgIpc) is 2.46. The minimum absolute atomic E-state index is 0.0867. The molecule has 0 fully saturated rings. The molecule has 0 aliphatic heterocycles. The molecule has 0 N–H and O–H groups in total. The number of halogens is 3. The summed E-state index contributed by atoms with van der Waals surface area (Å²) in [5.41, 5.74) is 1.33. The summed E-state index contributed by atoms with van der Waals surface area (Å²) in [5, 5.41) is 0. The van der Waals surface area contributed by atoms with Gasteiger partial charge in [-0.15, -0.1) is 0 Å². The highest BCUT2D eigenvalue weighted by molar-refractivity contribution is 5.97. The summed E-state index contributed by atoms with van der Waals surface area (Å²) < 4.78 is 40.6. The number of benzene rings is 2. The Morgan fingerprint density at radius 2 is 1.57 bits per heavy atom. The molecule has 0 aromatic heterocycles. The first-order valence-electron chi connectivity index (χ1n) is 6.31. The number of rotatable bonds is 5. The lowest BCUT2D eigenvalue weighted by Gasteiger charge is -2.09. The first kappa shape index (κ1) is 15.1. The molecule has 2 aromatic carbocycles. The van der Waals surface area contributed by atoms with Gasteiger partial charge in [-0.2, -0.15) is 13.2 Å². The molecular formula is C16H13F3O2. The normalized spacial score (nSPS) is 11.2. The zero-order valence-corrected chi connectivity index (χ0v) is 11.1. The first-order valence-corrected chi connectivity index (χ1v) is 6.31. The standard InChI is InChI=1S/C16H13F3O2/c17-16(18,19)11-21-14-8-6-13(7-9-14)15(20)10-12-4-2-1-3-5-12/h1-9H,10-11H2. The van der Waals surface area contributed by atoms with Crippen LogP contribution in [0, 0.1) is 0 Å². The van der Waals surface area contributed by atoms with Crippen molar-refractivity contribution in [1.82, 2.24) is 0 Å². The molecule has 0 atom stereocenters. The molecule has 0 saturated carbocycles. The molecule has 5 heteroatoms. The van der Waals surface area contributed by atoms with E-state index in [2.05, 4.69) is 4.74 Å². The topological polar surface area (TPSA) is 26.3 Å². The van der Waals surface area contributed by atoms with Crippen LogP contribution >= 0.6 is 0 Å². The van der Waals surface area contributed by atoms with Crippen LogP contribution in [-0.2, 0) is 6.42 Å². The van der Waals surface area contributed by atoms with Crippen molar-refractivity contribution in [3.63, 3.8) is 0 Å². The Morgan fingerprint density at radius 1 is 0.952 bits per heavy atom. The number of carbonyl (C=O) groups excluding carboxylic acids is 1. The lowest BCUT2D eigenvalue weighted by Crippen LogP contribution is -2.19. The highest BCUT2D eigenvalue weighted by Crippen LogP contribution is 2.19. The number of hydrogen-bond donors (Lipinski definition) is 0. The van der Waals surface area contributed by atoms with Crippen LogP contribution in [0.25, 0.3) is 0 Å². The Kier molecular flexibility index (Phi) is 4.62. The monoisotopic (exact) mass is 294 g/mol. The van der Waals surface area contributed by atoms with Gasteiger partial charge in [0.1, 0.15) is 5.75 Å². The molecule has 0 heterocycles. The van der Waals surface area contributed by atoms with Crippen molar-refractivity contribution in [3.05, 3.63) is 65.7 Å². The van der Waals surface area contributed by atoms with Gasteiger partial charge in [-0.05, 0) is 29.8 Å². The van der Waals surface area contributed by atoms with Gasteiger partial charge in [-0.3, -0.25) is 4.79 Å². The first-order chi connectivity index (χ1) is 9.94. The van der Waals surface area contributed by atoms with Gasteiger partial charge in [0.15, 0.2) is 12.4 Å². The van der Waals surface area contributed by atoms with Crippen molar-refractivity contribution in [2.45, 2.75) is 12.6 Å². The van der Waals surface area contributed by atoms with Crippen LogP contribution in [0.1, 0.15) is 15.9 Å². The van der Waals surface area contributed by atoms with E-state index in [1.54, 1.807) is 0 Å². The SMILES string of the molecule is O=C(Cc1ccccc1)c1ccc(OCC(F)(F)F)cc1. The summed E-state index contributed by atoms with van der Waals surface area (Å²) in [4.78, 5) is 12.0. The Morgan fingerprint density at radius 3 is 2.14 bits per heavy atom. The van der Waals surface area contributed by atoms with Gasteiger partial charge in [0.05, 0.1) is 0 Å². The van der Waals surface area contributed by atoms with E-state index in [0.717, 1.165) is 5.56 Å². The van der Waals surface area contributed by atoms with Crippen LogP contribution < -0.4 is 4.74 Å². The molecule has 2 aromatic rings. The second-order valence-electron chi connectivity index (χ2n) is 4.51. The second-order valence-corrected chi connectivity index (χ2v) is 4.51. The van der Waals surface area contributed by atoms with E-state index in [1.165, 1.54) is 24.3 Å². The van der Waals surface area contributed by atoms with Crippen molar-refractivity contribution in [2.24, 2.45) is 0 Å². The number of ether oxygens (including phenoxy) is 1. The Bertz CT molecular complexity index is 589. The number of ketones is 1. The molecule has 0 saturated heterocycles. The molecule has 2 nitrogen and oxygen atoms in total. The fraction of sp³-hybridized carbons (Fsp3) is 0.188. The van der Waals surface area contributed by atoms with E-state index < -0.39 is 12.8 Å². The number of carbonyl (C=O) groups is 1. The second kappa shape index (κ2) is 6.43. The van der Waals surface area contributed by atoms with Gasteiger partial charge in [-0.25, -0.2) is 0 Å². The predicted molar refractivity (Wildman–Crippen MR) is 72.5 cm³/mol. The molecule has 0 aliphatic carbocycles. The van der Waals surface area contributed by atoms with Crippen LogP contribution in [0.15, 0.2) is 54.6 Å². The summed E-state index contributed by atoms with van der Waals surface area (Å²) in [5.74, 6) is -0.00726. The molecule has 0 amide bonds. The van der Waals surface area contributed by atoms with Crippen LogP contribution in [-0.4, -0.2) is 18.6 Å². The molecule has 0 bridgehead atoms. The average molecular weight is 294 g/mol. The summed E-state index contributed by atoms with van der Waals surface area (Å²) in [7, 11) is 0. The largest absolute Gasteiger partial charge is 0.484 e. The lowest BCUT2D eigenvalue weighted by atomic mass is 10.0. The molecule has 0 unspecified atom stereocenters. The van der Waals surface area contributed by atoms with E-state index in [-0.39, 0.29) is 18.0 Å². The molecular weight excluding hydrogens is 281 g/mol. The van der Waals surface area contributed by atoms with Gasteiger partial charge in [0, 0.05) is 12.0 Å². The Labute approximate surface area is 120 Å². The van der Waals surface area contributed by atoms with Crippen molar-refractivity contribution in [2.75, 3.05) is 6.61 Å². The van der Waals surface area contributed by atoms with Gasteiger partial charge < -0.3 is 4.74 Å². The molecule has 21 heavy (non-hydrogen) atoms. The Hall–Kier alpha value is -2.30. The maximum atomic E-state index is 12.0. The quantitative estimate of drug-likeness (QED) is 0.778. The fourth-order valence-electron chi connectivity index (χ4n) is 1.79. The predicted octanol–water partition coefficient (Wildman–Crippen LogP) is 4.05. The van der Waals surface area contributed by atoms with Crippen molar-refractivity contribution < 1.29 is 22.7 Å². The highest BCUT2D eigenvalue weighted by atomic mass is 19.4. The molecule has 0 spiro atoms. The van der Waals surface area contributed by atoms with Crippen LogP contribution in [0.5, 0.6) is 5.75 Å². The zero-order chi connectivity index (χ0) is 15.3. The summed E-state index contributed by atoms with van der Waals surface area (Å²) >= 11 is 0. The van der Waals surface area contributed by atoms with Gasteiger partial charge in [0.25, 0.3) is 0 Å². The van der Waals surface area contributed by atoms with Crippen LogP contribution in [0.2, 0.25) is 0 Å². The van der Waals surface area contributed by atoms with Gasteiger partial charge >= 0.3 is 6.18 Å². The lowest BCUT2D eigenvalue weighted by molar-refractivity contribution is -0.153. The summed E-state index contributed by atoms with van der Waals surface area (Å²) in [6.45, 7) is -1.34. The molecule has 0 radical (unpaired) electrons. The molecule has 0 aliphatic rings. The summed E-state index contributed by atoms with van der Waals surface area (Å²) in [6.07, 6.45) is -4.12. The highest BCUT2D eigenvalue weighted by Gasteiger charge is 2.28. The van der Waals surface area contributed by atoms with E-state index in [1.807, 2.05) is 30.3 Å². The van der Waals surface area contributed by atoms with Crippen molar-refractivity contribution in [3.8, 4) is 5.75 Å². The van der Waals surface area contributed by atoms with Crippen molar-refractivity contribution in [1.29, 1.82) is 0 Å². The third-order valence-corrected chi connectivity index (χ3v) is 2.79. The van der Waals surface area contributed by atoms with E-state index >= 15 is 0 Å². The van der Waals surface area contributed by atoms with E-state index in [4.69, 9.17) is 0 Å². The third kappa shape index (κ3) is 4.95. The molecule has 110 valence electrons. The van der Waals surface area contributed by atoms with E-state index in [9.17, 15) is 18.0 Å². The van der Waals surface area contributed by atoms with Gasteiger partial charge in [0.2, 0.25) is 0 Å². The number of hydrogen-bond acceptors (Lipinski definition) is 2. The van der Waals surface area contributed by atoms with Crippen LogP contribution in [0.4, 0.5) is 13.2 Å². The smallest absolute Gasteiger partial charge is 0.422 e. The minimum atomic E-state index is -4.37. The summed E-state index contributed by atoms with van der Waals surface area (Å²) in [6, 6.07) is 14.9. The maximum absolute atomic E-state index is 12.0. The minimum Gasteiger partial charge on any atom is -0.484 e. The molecule has 2 rings (SSSR count). The zero-order valence-electron chi connectivity index (χ0n) is 11.1. The number of alkyl halides is 3. The van der Waals surface area contributed by atoms with Gasteiger partial charge in [-0.1, -0.05) is 30.3 Å². The Balaban J connectivity index is 1.97. The van der Waals surface area contributed by atoms with E-state index in [0.29, 0.717) is 5.56 Å². The van der Waals surface area contributed by atoms with Crippen molar-refractivity contribution >= 4 is 5.78 Å². The third-order valence-electron chi connectivity index (χ3n) is 2.79. The number of Topliss-reactive ketones (excluding diaryl/α,β-unsaturated/α-hetero) is 1. The fourth-order valence-corrected chi connectivity index (χ4v) is 1.79. The van der Waals surface area contributed by atoms with Crippen LogP contribution in [0.3, 0.4) is 0 Å².